The number of nitrogens with zero attached hydrogens (tertiary/aromatic N) is 1. The molecule has 1 aliphatic heterocycles. The highest BCUT2D eigenvalue weighted by Gasteiger charge is 2.16. The van der Waals surface area contributed by atoms with E-state index < -0.39 is 0 Å². The molecular weight excluding hydrogens is 290 g/mol. The Bertz CT molecular complexity index is 553. The van der Waals surface area contributed by atoms with Crippen LogP contribution in [-0.4, -0.2) is 40.9 Å². The minimum absolute atomic E-state index is 0.0737. The molecule has 21 heavy (non-hydrogen) atoms. The molecule has 6 nitrogen and oxygen atoms in total. The van der Waals surface area contributed by atoms with Gasteiger partial charge in [0.25, 0.3) is 5.56 Å². The highest BCUT2D eigenvalue weighted by molar-refractivity contribution is 7.99. The van der Waals surface area contributed by atoms with E-state index in [1.54, 1.807) is 0 Å². The number of aromatic nitrogens is 2. The Morgan fingerprint density at radius 3 is 3.00 bits per heavy atom. The largest absolute Gasteiger partial charge is 0.376 e. The molecule has 0 spiro atoms. The number of carbonyl (C=O) groups excluding carboxylic acids is 1. The summed E-state index contributed by atoms with van der Waals surface area (Å²) in [5.41, 5.74) is 1.30. The number of H-pyrrole nitrogens is 1. The van der Waals surface area contributed by atoms with Crippen LogP contribution in [0.15, 0.2) is 9.95 Å². The van der Waals surface area contributed by atoms with E-state index in [0.717, 1.165) is 25.1 Å². The average molecular weight is 311 g/mol. The van der Waals surface area contributed by atoms with Crippen molar-refractivity contribution in [3.8, 4) is 0 Å². The molecule has 1 saturated heterocycles. The highest BCUT2D eigenvalue weighted by Crippen LogP contribution is 2.13. The molecule has 1 aromatic heterocycles. The van der Waals surface area contributed by atoms with Crippen molar-refractivity contribution < 1.29 is 9.53 Å². The second-order valence-corrected chi connectivity index (χ2v) is 5.98. The van der Waals surface area contributed by atoms with Gasteiger partial charge in [0.05, 0.1) is 11.9 Å². The van der Waals surface area contributed by atoms with Crippen LogP contribution in [0.1, 0.15) is 31.0 Å². The number of hydrogen-bond donors (Lipinski definition) is 2. The van der Waals surface area contributed by atoms with Crippen LogP contribution in [0.3, 0.4) is 0 Å². The number of rotatable bonds is 6. The first kappa shape index (κ1) is 16.0. The van der Waals surface area contributed by atoms with Gasteiger partial charge in [0, 0.05) is 24.4 Å². The van der Waals surface area contributed by atoms with Crippen molar-refractivity contribution in [2.75, 3.05) is 18.9 Å². The molecule has 2 heterocycles. The zero-order valence-electron chi connectivity index (χ0n) is 12.4. The van der Waals surface area contributed by atoms with Gasteiger partial charge in [0.2, 0.25) is 5.91 Å². The van der Waals surface area contributed by atoms with Crippen LogP contribution < -0.4 is 10.9 Å². The van der Waals surface area contributed by atoms with E-state index in [2.05, 4.69) is 15.3 Å². The Labute approximate surface area is 128 Å². The summed E-state index contributed by atoms with van der Waals surface area (Å²) in [6.07, 6.45) is 2.85. The fraction of sp³-hybridized carbons (Fsp3) is 0.643. The summed E-state index contributed by atoms with van der Waals surface area (Å²) >= 11 is 1.24. The third kappa shape index (κ3) is 4.57. The monoisotopic (exact) mass is 311 g/mol. The molecule has 0 bridgehead atoms. The van der Waals surface area contributed by atoms with E-state index in [-0.39, 0.29) is 23.3 Å². The van der Waals surface area contributed by atoms with Gasteiger partial charge in [0.15, 0.2) is 5.16 Å². The van der Waals surface area contributed by atoms with Gasteiger partial charge in [-0.2, -0.15) is 0 Å². The maximum atomic E-state index is 11.8. The second kappa shape index (κ2) is 7.61. The van der Waals surface area contributed by atoms with Crippen molar-refractivity contribution in [3.05, 3.63) is 21.6 Å². The summed E-state index contributed by atoms with van der Waals surface area (Å²) in [6, 6.07) is 0. The van der Waals surface area contributed by atoms with Gasteiger partial charge in [-0.05, 0) is 26.2 Å². The van der Waals surface area contributed by atoms with Crippen LogP contribution in [0.4, 0.5) is 0 Å². The molecule has 0 unspecified atom stereocenters. The molecule has 0 aliphatic carbocycles. The fourth-order valence-corrected chi connectivity index (χ4v) is 3.02. The van der Waals surface area contributed by atoms with E-state index in [1.165, 1.54) is 11.8 Å². The number of amides is 1. The minimum Gasteiger partial charge on any atom is -0.376 e. The van der Waals surface area contributed by atoms with Crippen LogP contribution in [-0.2, 0) is 16.0 Å². The maximum absolute atomic E-state index is 11.8. The number of aromatic amines is 1. The van der Waals surface area contributed by atoms with E-state index in [9.17, 15) is 9.59 Å². The van der Waals surface area contributed by atoms with Crippen molar-refractivity contribution in [2.45, 2.75) is 44.4 Å². The Kier molecular flexibility index (Phi) is 5.81. The first-order valence-electron chi connectivity index (χ1n) is 7.21. The third-order valence-electron chi connectivity index (χ3n) is 3.44. The third-order valence-corrected chi connectivity index (χ3v) is 4.32. The molecule has 7 heteroatoms. The average Bonchev–Trinajstić information content (AvgIpc) is 2.96. The van der Waals surface area contributed by atoms with Crippen molar-refractivity contribution in [3.63, 3.8) is 0 Å². The molecule has 1 fully saturated rings. The van der Waals surface area contributed by atoms with Gasteiger partial charge in [-0.25, -0.2) is 4.98 Å². The number of carbonyl (C=O) groups is 1. The molecule has 1 aromatic rings. The van der Waals surface area contributed by atoms with Crippen molar-refractivity contribution in [1.82, 2.24) is 15.3 Å². The van der Waals surface area contributed by atoms with Crippen molar-refractivity contribution >= 4 is 17.7 Å². The predicted octanol–water partition coefficient (Wildman–Crippen LogP) is 1.03. The predicted molar refractivity (Wildman–Crippen MR) is 81.7 cm³/mol. The molecule has 2 rings (SSSR count). The smallest absolute Gasteiger partial charge is 0.254 e. The molecule has 0 aromatic carbocycles. The quantitative estimate of drug-likeness (QED) is 0.605. The lowest BCUT2D eigenvalue weighted by atomic mass is 10.2. The Morgan fingerprint density at radius 2 is 2.38 bits per heavy atom. The first-order chi connectivity index (χ1) is 10.1. The number of aryl methyl sites for hydroxylation is 1. The molecule has 2 N–H and O–H groups in total. The number of nitrogens with one attached hydrogen (secondary N) is 2. The van der Waals surface area contributed by atoms with Crippen molar-refractivity contribution in [2.24, 2.45) is 0 Å². The Morgan fingerprint density at radius 1 is 1.57 bits per heavy atom. The molecule has 1 amide bonds. The number of ether oxygens (including phenoxy) is 1. The Hall–Kier alpha value is -1.34. The molecule has 1 atom stereocenters. The van der Waals surface area contributed by atoms with Gasteiger partial charge in [0.1, 0.15) is 0 Å². The summed E-state index contributed by atoms with van der Waals surface area (Å²) in [6.45, 7) is 5.07. The number of hydrogen-bond acceptors (Lipinski definition) is 5. The lowest BCUT2D eigenvalue weighted by Crippen LogP contribution is -2.33. The van der Waals surface area contributed by atoms with Crippen LogP contribution in [0.25, 0.3) is 0 Å². The molecular formula is C14H21N3O3S. The van der Waals surface area contributed by atoms with E-state index in [0.29, 0.717) is 23.7 Å². The zero-order chi connectivity index (χ0) is 15.2. The molecule has 1 aliphatic rings. The van der Waals surface area contributed by atoms with Gasteiger partial charge in [-0.15, -0.1) is 0 Å². The first-order valence-corrected chi connectivity index (χ1v) is 8.19. The van der Waals surface area contributed by atoms with Gasteiger partial charge in [-0.3, -0.25) is 9.59 Å². The molecule has 0 saturated carbocycles. The summed E-state index contributed by atoms with van der Waals surface area (Å²) < 4.78 is 5.44. The van der Waals surface area contributed by atoms with Crippen LogP contribution in [0.2, 0.25) is 0 Å². The summed E-state index contributed by atoms with van der Waals surface area (Å²) in [4.78, 5) is 30.6. The minimum atomic E-state index is -0.118. The van der Waals surface area contributed by atoms with E-state index in [1.807, 2.05) is 13.8 Å². The standard InChI is InChI=1S/C14H21N3O3S/c1-3-11-9(2)16-14(17-13(11)19)21-8-12(18)15-7-10-5-4-6-20-10/h10H,3-8H2,1-2H3,(H,15,18)(H,16,17,19)/t10-/m1/s1. The number of thioether (sulfide) groups is 1. The SMILES string of the molecule is CCc1c(C)nc(SCC(=O)NC[C@H]2CCCO2)[nH]c1=O. The van der Waals surface area contributed by atoms with Crippen molar-refractivity contribution in [1.29, 1.82) is 0 Å². The lowest BCUT2D eigenvalue weighted by Gasteiger charge is -2.10. The van der Waals surface area contributed by atoms with Crippen LogP contribution in [0.5, 0.6) is 0 Å². The van der Waals surface area contributed by atoms with Gasteiger partial charge in [-0.1, -0.05) is 18.7 Å². The fourth-order valence-electron chi connectivity index (χ4n) is 2.29. The van der Waals surface area contributed by atoms with E-state index >= 15 is 0 Å². The van der Waals surface area contributed by atoms with Gasteiger partial charge < -0.3 is 15.0 Å². The van der Waals surface area contributed by atoms with Crippen LogP contribution in [0, 0.1) is 6.92 Å². The van der Waals surface area contributed by atoms with Gasteiger partial charge >= 0.3 is 0 Å². The highest BCUT2D eigenvalue weighted by atomic mass is 32.2. The second-order valence-electron chi connectivity index (χ2n) is 5.02. The topological polar surface area (TPSA) is 84.1 Å². The normalized spacial score (nSPS) is 17.9. The summed E-state index contributed by atoms with van der Waals surface area (Å²) in [7, 11) is 0. The summed E-state index contributed by atoms with van der Waals surface area (Å²) in [5, 5.41) is 3.33. The molecule has 0 radical (unpaired) electrons. The lowest BCUT2D eigenvalue weighted by molar-refractivity contribution is -0.119. The maximum Gasteiger partial charge on any atom is 0.254 e. The van der Waals surface area contributed by atoms with Crippen LogP contribution >= 0.6 is 11.8 Å². The molecule has 116 valence electrons. The summed E-state index contributed by atoms with van der Waals surface area (Å²) in [5.74, 6) is 0.163. The van der Waals surface area contributed by atoms with E-state index in [4.69, 9.17) is 4.74 Å². The zero-order valence-corrected chi connectivity index (χ0v) is 13.2. The Balaban J connectivity index is 1.82.